The number of hydrogen-bond acceptors (Lipinski definition) is 6. The van der Waals surface area contributed by atoms with Crippen molar-refractivity contribution in [1.82, 2.24) is 9.80 Å². The van der Waals surface area contributed by atoms with Gasteiger partial charge in [0.2, 0.25) is 0 Å². The third kappa shape index (κ3) is 4.06. The summed E-state index contributed by atoms with van der Waals surface area (Å²) in [4.78, 5) is 58.5. The zero-order valence-corrected chi connectivity index (χ0v) is 24.3. The molecule has 4 aromatic carbocycles. The standard InChI is InChI=1S/C34H29BN2O6/c1-33(2)34(3,4)43-35(42-33)25-17-24-26-22(29(38)36(31(24)40)18-20-11-7-5-8-12-20)15-16-23-27(26)28(25)32(41)37(30(23)39)19-21-13-9-6-10-14-21/h5-17H,18-19H2,1-4H3. The molecule has 3 heterocycles. The maximum absolute atomic E-state index is 14.3. The maximum Gasteiger partial charge on any atom is 0.495 e. The van der Waals surface area contributed by atoms with Crippen molar-refractivity contribution in [2.24, 2.45) is 0 Å². The zero-order chi connectivity index (χ0) is 30.3. The Labute approximate surface area is 249 Å². The average Bonchev–Trinajstić information content (AvgIpc) is 3.21. The van der Waals surface area contributed by atoms with Crippen molar-refractivity contribution in [3.63, 3.8) is 0 Å². The molecular weight excluding hydrogens is 543 g/mol. The molecule has 9 heteroatoms. The number of carbonyl (C=O) groups excluding carboxylic acids is 4. The first-order valence-electron chi connectivity index (χ1n) is 14.3. The molecule has 3 aliphatic rings. The predicted octanol–water partition coefficient (Wildman–Crippen LogP) is 4.73. The number of rotatable bonds is 5. The summed E-state index contributed by atoms with van der Waals surface area (Å²) in [5.74, 6) is -2.00. The molecule has 0 saturated carbocycles. The van der Waals surface area contributed by atoms with Gasteiger partial charge >= 0.3 is 7.12 Å². The maximum atomic E-state index is 14.3. The Hall–Kier alpha value is -4.60. The number of amides is 4. The predicted molar refractivity (Wildman–Crippen MR) is 161 cm³/mol. The van der Waals surface area contributed by atoms with Gasteiger partial charge in [0.1, 0.15) is 0 Å². The van der Waals surface area contributed by atoms with E-state index in [1.807, 2.05) is 88.4 Å². The highest BCUT2D eigenvalue weighted by Crippen LogP contribution is 2.41. The molecule has 4 aromatic rings. The number of carbonyl (C=O) groups is 4. The Balaban J connectivity index is 1.45. The molecule has 3 aliphatic heterocycles. The van der Waals surface area contributed by atoms with E-state index in [0.717, 1.165) is 11.1 Å². The summed E-state index contributed by atoms with van der Waals surface area (Å²) in [7, 11) is -0.985. The van der Waals surface area contributed by atoms with Gasteiger partial charge in [-0.3, -0.25) is 29.0 Å². The second kappa shape index (κ2) is 9.46. The van der Waals surface area contributed by atoms with Gasteiger partial charge in [-0.2, -0.15) is 0 Å². The molecule has 0 aliphatic carbocycles. The van der Waals surface area contributed by atoms with E-state index in [9.17, 15) is 19.2 Å². The van der Waals surface area contributed by atoms with Crippen LogP contribution in [-0.2, 0) is 22.4 Å². The Morgan fingerprint density at radius 2 is 1.02 bits per heavy atom. The molecular formula is C34H29BN2O6. The molecule has 0 N–H and O–H groups in total. The number of nitrogens with zero attached hydrogens (tertiary/aromatic N) is 2. The van der Waals surface area contributed by atoms with Crippen molar-refractivity contribution in [3.05, 3.63) is 112 Å². The van der Waals surface area contributed by atoms with Crippen LogP contribution in [0, 0.1) is 0 Å². The second-order valence-electron chi connectivity index (χ2n) is 12.3. The van der Waals surface area contributed by atoms with E-state index in [0.29, 0.717) is 16.2 Å². The van der Waals surface area contributed by atoms with E-state index in [1.165, 1.54) is 9.80 Å². The van der Waals surface area contributed by atoms with Gasteiger partial charge in [-0.15, -0.1) is 0 Å². The molecule has 0 unspecified atom stereocenters. The van der Waals surface area contributed by atoms with Crippen molar-refractivity contribution in [2.75, 3.05) is 0 Å². The van der Waals surface area contributed by atoms with Crippen LogP contribution in [0.5, 0.6) is 0 Å². The zero-order valence-electron chi connectivity index (χ0n) is 24.3. The van der Waals surface area contributed by atoms with E-state index in [4.69, 9.17) is 9.31 Å². The van der Waals surface area contributed by atoms with Crippen LogP contribution in [0.25, 0.3) is 10.8 Å². The highest BCUT2D eigenvalue weighted by molar-refractivity contribution is 6.65. The van der Waals surface area contributed by atoms with Crippen molar-refractivity contribution < 1.29 is 28.5 Å². The lowest BCUT2D eigenvalue weighted by atomic mass is 9.70. The number of hydrogen-bond donors (Lipinski definition) is 0. The minimum absolute atomic E-state index is 0.0640. The second-order valence-corrected chi connectivity index (χ2v) is 12.3. The molecule has 43 heavy (non-hydrogen) atoms. The van der Waals surface area contributed by atoms with Gasteiger partial charge < -0.3 is 9.31 Å². The van der Waals surface area contributed by atoms with Crippen LogP contribution >= 0.6 is 0 Å². The van der Waals surface area contributed by atoms with E-state index in [2.05, 4.69) is 0 Å². The van der Waals surface area contributed by atoms with Gasteiger partial charge in [-0.05, 0) is 62.5 Å². The molecule has 0 aromatic heterocycles. The summed E-state index contributed by atoms with van der Waals surface area (Å²) in [6.45, 7) is 7.78. The Morgan fingerprint density at radius 3 is 1.53 bits per heavy atom. The first-order valence-corrected chi connectivity index (χ1v) is 14.3. The van der Waals surface area contributed by atoms with Crippen LogP contribution < -0.4 is 5.46 Å². The molecule has 0 radical (unpaired) electrons. The summed E-state index contributed by atoms with van der Waals surface area (Å²) in [5, 5.41) is 0.605. The minimum atomic E-state index is -0.985. The van der Waals surface area contributed by atoms with Crippen LogP contribution in [-0.4, -0.2) is 51.7 Å². The normalized spacial score (nSPS) is 18.7. The van der Waals surface area contributed by atoms with Gasteiger partial charge in [-0.1, -0.05) is 60.7 Å². The summed E-state index contributed by atoms with van der Waals surface area (Å²) in [6.07, 6.45) is 0. The van der Waals surface area contributed by atoms with Crippen LogP contribution in [0.15, 0.2) is 78.9 Å². The van der Waals surface area contributed by atoms with E-state index < -0.39 is 41.9 Å². The van der Waals surface area contributed by atoms with Crippen LogP contribution in [0.1, 0.15) is 80.3 Å². The molecule has 8 nitrogen and oxygen atoms in total. The summed E-state index contributed by atoms with van der Waals surface area (Å²) < 4.78 is 12.8. The molecule has 214 valence electrons. The largest absolute Gasteiger partial charge is 0.495 e. The fourth-order valence-electron chi connectivity index (χ4n) is 6.07. The summed E-state index contributed by atoms with van der Waals surface area (Å²) in [5.41, 5.74) is 1.45. The van der Waals surface area contributed by atoms with Gasteiger partial charge in [0, 0.05) is 33.0 Å². The highest BCUT2D eigenvalue weighted by atomic mass is 16.7. The Morgan fingerprint density at radius 1 is 0.581 bits per heavy atom. The van der Waals surface area contributed by atoms with Crippen LogP contribution in [0.2, 0.25) is 0 Å². The lowest BCUT2D eigenvalue weighted by Crippen LogP contribution is -2.48. The van der Waals surface area contributed by atoms with Crippen LogP contribution in [0.3, 0.4) is 0 Å². The van der Waals surface area contributed by atoms with E-state index in [-0.39, 0.29) is 35.3 Å². The highest BCUT2D eigenvalue weighted by Gasteiger charge is 2.54. The fourth-order valence-corrected chi connectivity index (χ4v) is 6.07. The lowest BCUT2D eigenvalue weighted by Gasteiger charge is -2.33. The summed E-state index contributed by atoms with van der Waals surface area (Å²) in [6, 6.07) is 23.3. The fraction of sp³-hybridized carbons (Fsp3) is 0.235. The van der Waals surface area contributed by atoms with Crippen molar-refractivity contribution in [2.45, 2.75) is 52.0 Å². The first-order chi connectivity index (χ1) is 20.5. The molecule has 1 saturated heterocycles. The molecule has 0 bridgehead atoms. The number of benzene rings is 4. The monoisotopic (exact) mass is 572 g/mol. The average molecular weight is 572 g/mol. The third-order valence-corrected chi connectivity index (χ3v) is 9.07. The van der Waals surface area contributed by atoms with Gasteiger partial charge in [-0.25, -0.2) is 0 Å². The van der Waals surface area contributed by atoms with Crippen LogP contribution in [0.4, 0.5) is 0 Å². The van der Waals surface area contributed by atoms with E-state index >= 15 is 0 Å². The Kier molecular flexibility index (Phi) is 5.99. The molecule has 4 amide bonds. The minimum Gasteiger partial charge on any atom is -0.399 e. The summed E-state index contributed by atoms with van der Waals surface area (Å²) >= 11 is 0. The lowest BCUT2D eigenvalue weighted by molar-refractivity contribution is 0.00578. The quantitative estimate of drug-likeness (QED) is 0.254. The third-order valence-electron chi connectivity index (χ3n) is 9.07. The molecule has 7 rings (SSSR count). The van der Waals surface area contributed by atoms with Crippen molar-refractivity contribution >= 4 is 47.0 Å². The SMILES string of the molecule is CC1(C)OB(c2cc3c4c(ccc5c4c2C(=O)N(Cc2ccccc2)C5=O)C(=O)N(Cc2ccccc2)C3=O)OC1(C)C. The molecule has 0 atom stereocenters. The van der Waals surface area contributed by atoms with Gasteiger partial charge in [0.15, 0.2) is 0 Å². The Bertz CT molecular complexity index is 1850. The first kappa shape index (κ1) is 27.3. The number of imide groups is 2. The van der Waals surface area contributed by atoms with Crippen molar-refractivity contribution in [1.29, 1.82) is 0 Å². The van der Waals surface area contributed by atoms with E-state index in [1.54, 1.807) is 18.2 Å². The smallest absolute Gasteiger partial charge is 0.399 e. The topological polar surface area (TPSA) is 93.2 Å². The van der Waals surface area contributed by atoms with Crippen molar-refractivity contribution in [3.8, 4) is 0 Å². The molecule has 0 spiro atoms. The van der Waals surface area contributed by atoms with Gasteiger partial charge in [0.05, 0.1) is 24.3 Å². The molecule has 1 fully saturated rings. The van der Waals surface area contributed by atoms with Gasteiger partial charge in [0.25, 0.3) is 23.6 Å².